The largest absolute Gasteiger partial charge is 0.453 e. The molecule has 5 aliphatic rings. The van der Waals surface area contributed by atoms with Crippen LogP contribution in [-0.2, 0) is 29.1 Å². The Kier molecular flexibility index (Phi) is 12.1. The maximum absolute atomic E-state index is 14.0. The summed E-state index contributed by atoms with van der Waals surface area (Å²) in [5, 5.41) is 8.58. The Labute approximate surface area is 384 Å². The number of sulfonamides is 1. The SMILES string of the molecule is COC(=O)NC(C(=O)N1CCCC1C1=NS(=O)(=O)c2cc(-c3cnc(-c4ccc(-c5cnc(C6CCCN6C(=O)C(NC(=O)OC)C(C)C)[nH]5)cc4)c4c3C3CCC4C3)ccc2N1)C(C)C. The lowest BCUT2D eigenvalue weighted by atomic mass is 9.84. The second-order valence-electron chi connectivity index (χ2n) is 18.7. The minimum absolute atomic E-state index is 0.0631. The van der Waals surface area contributed by atoms with Gasteiger partial charge in [-0.05, 0) is 103 Å². The van der Waals surface area contributed by atoms with E-state index in [4.69, 9.17) is 19.4 Å². The van der Waals surface area contributed by atoms with Crippen molar-refractivity contribution < 1.29 is 37.1 Å². The zero-order valence-electron chi connectivity index (χ0n) is 38.1. The van der Waals surface area contributed by atoms with E-state index >= 15 is 0 Å². The Bertz CT molecular complexity index is 2720. The zero-order chi connectivity index (χ0) is 46.6. The molecule has 3 aliphatic heterocycles. The summed E-state index contributed by atoms with van der Waals surface area (Å²) in [6, 6.07) is 11.2. The summed E-state index contributed by atoms with van der Waals surface area (Å²) in [4.78, 5) is 68.3. The molecular formula is C48H57N9O8S. The van der Waals surface area contributed by atoms with Gasteiger partial charge >= 0.3 is 12.2 Å². The van der Waals surface area contributed by atoms with Crippen LogP contribution in [0.25, 0.3) is 33.6 Å². The first-order valence-electron chi connectivity index (χ1n) is 22.9. The molecule has 348 valence electrons. The summed E-state index contributed by atoms with van der Waals surface area (Å²) in [5.41, 5.74) is 8.18. The lowest BCUT2D eigenvalue weighted by Crippen LogP contribution is -2.54. The maximum atomic E-state index is 14.0. The van der Waals surface area contributed by atoms with Crippen LogP contribution in [-0.4, -0.2) is 108 Å². The number of rotatable bonds is 11. The fraction of sp³-hybridized carbons (Fsp3) is 0.479. The van der Waals surface area contributed by atoms with Crippen molar-refractivity contribution >= 4 is 45.5 Å². The number of hydrogen-bond donors (Lipinski definition) is 4. The number of methoxy groups -OCH3 is 2. The smallest absolute Gasteiger partial charge is 0.407 e. The lowest BCUT2D eigenvalue weighted by Gasteiger charge is -2.32. The van der Waals surface area contributed by atoms with E-state index in [1.54, 1.807) is 28.1 Å². The second-order valence-corrected chi connectivity index (χ2v) is 20.3. The highest BCUT2D eigenvalue weighted by molar-refractivity contribution is 7.90. The summed E-state index contributed by atoms with van der Waals surface area (Å²) < 4.78 is 41.8. The summed E-state index contributed by atoms with van der Waals surface area (Å²) in [7, 11) is -1.63. The minimum atomic E-state index is -4.16. The molecule has 3 fully saturated rings. The molecule has 2 saturated heterocycles. The van der Waals surface area contributed by atoms with Gasteiger partial charge in [0.1, 0.15) is 28.6 Å². The molecule has 6 atom stereocenters. The van der Waals surface area contributed by atoms with Gasteiger partial charge < -0.3 is 40.2 Å². The van der Waals surface area contributed by atoms with Crippen molar-refractivity contribution in [2.75, 3.05) is 32.6 Å². The number of nitrogens with zero attached hydrogens (tertiary/aromatic N) is 5. The van der Waals surface area contributed by atoms with E-state index in [1.807, 2.05) is 52.1 Å². The molecule has 5 heterocycles. The number of carbonyl (C=O) groups excluding carboxylic acids is 4. The van der Waals surface area contributed by atoms with E-state index in [0.29, 0.717) is 49.3 Å². The van der Waals surface area contributed by atoms with Crippen molar-refractivity contribution in [2.24, 2.45) is 16.2 Å². The van der Waals surface area contributed by atoms with Gasteiger partial charge in [-0.3, -0.25) is 14.6 Å². The van der Waals surface area contributed by atoms with Crippen LogP contribution in [0.3, 0.4) is 0 Å². The predicted molar refractivity (Wildman–Crippen MR) is 247 cm³/mol. The Morgan fingerprint density at radius 1 is 0.727 bits per heavy atom. The van der Waals surface area contributed by atoms with Gasteiger partial charge in [-0.2, -0.15) is 8.42 Å². The van der Waals surface area contributed by atoms with Gasteiger partial charge in [0.2, 0.25) is 11.8 Å². The fourth-order valence-corrected chi connectivity index (χ4v) is 11.9. The number of aromatic amines is 1. The molecule has 2 aromatic carbocycles. The number of amidine groups is 1. The quantitative estimate of drug-likeness (QED) is 0.119. The van der Waals surface area contributed by atoms with E-state index in [0.717, 1.165) is 65.7 Å². The summed E-state index contributed by atoms with van der Waals surface area (Å²) in [6.45, 7) is 8.41. The maximum Gasteiger partial charge on any atom is 0.407 e. The van der Waals surface area contributed by atoms with Crippen molar-refractivity contribution in [3.8, 4) is 33.6 Å². The Balaban J connectivity index is 0.949. The number of ether oxygens (including phenoxy) is 2. The first kappa shape index (κ1) is 44.9. The molecule has 18 heteroatoms. The van der Waals surface area contributed by atoms with E-state index in [1.165, 1.54) is 25.3 Å². The minimum Gasteiger partial charge on any atom is -0.453 e. The summed E-state index contributed by atoms with van der Waals surface area (Å²) in [5.74, 6) is 0.725. The highest BCUT2D eigenvalue weighted by Crippen LogP contribution is 2.58. The standard InChI is InChI=1S/C48H57N9O8S/c1-25(2)40(53-47(60)64-5)45(58)56-19-7-9-35(56)43-50-24-34(52-43)27-11-13-28(14-12-27)42-39-31-16-15-30(21-31)38(39)32(23-49-42)29-17-18-33-37(22-29)66(62,63)55-44(51-33)36-10-8-20-57(36)46(59)41(26(3)4)54-48(61)65-6/h11-14,17-18,22-26,30-31,35-36,40-41H,7-10,15-16,19-21H2,1-6H3,(H,50,52)(H,51,55)(H,53,60)(H,54,61). The molecule has 4 aromatic rings. The van der Waals surface area contributed by atoms with Crippen LogP contribution in [0.15, 0.2) is 64.2 Å². The van der Waals surface area contributed by atoms with Gasteiger partial charge in [0, 0.05) is 30.4 Å². The zero-order valence-corrected chi connectivity index (χ0v) is 38.9. The van der Waals surface area contributed by atoms with Gasteiger partial charge in [0.15, 0.2) is 0 Å². The molecule has 4 N–H and O–H groups in total. The molecular weight excluding hydrogens is 863 g/mol. The third-order valence-electron chi connectivity index (χ3n) is 14.0. The number of alkyl carbamates (subject to hydrolysis) is 2. The monoisotopic (exact) mass is 919 g/mol. The predicted octanol–water partition coefficient (Wildman–Crippen LogP) is 7.10. The number of anilines is 1. The fourth-order valence-electron chi connectivity index (χ4n) is 10.7. The van der Waals surface area contributed by atoms with Crippen molar-refractivity contribution in [3.63, 3.8) is 0 Å². The highest BCUT2D eigenvalue weighted by atomic mass is 32.2. The van der Waals surface area contributed by atoms with Crippen LogP contribution >= 0.6 is 0 Å². The van der Waals surface area contributed by atoms with E-state index < -0.39 is 40.3 Å². The average molecular weight is 920 g/mol. The number of hydrogen-bond acceptors (Lipinski definition) is 11. The Morgan fingerprint density at radius 3 is 1.92 bits per heavy atom. The molecule has 9 rings (SSSR count). The average Bonchev–Trinajstić information content (AvgIpc) is 4.18. The Morgan fingerprint density at radius 2 is 1.30 bits per heavy atom. The number of nitrogens with one attached hydrogen (secondary N) is 4. The number of likely N-dealkylation sites (tertiary alicyclic amines) is 2. The normalized spacial score (nSPS) is 22.3. The number of pyridine rings is 1. The molecule has 0 spiro atoms. The first-order valence-corrected chi connectivity index (χ1v) is 24.4. The van der Waals surface area contributed by atoms with Gasteiger partial charge in [0.25, 0.3) is 10.0 Å². The highest BCUT2D eigenvalue weighted by Gasteiger charge is 2.43. The molecule has 2 aliphatic carbocycles. The van der Waals surface area contributed by atoms with Crippen LogP contribution in [0, 0.1) is 11.8 Å². The number of fused-ring (bicyclic) bond motifs is 6. The number of benzene rings is 2. The summed E-state index contributed by atoms with van der Waals surface area (Å²) in [6.07, 6.45) is 8.21. The Hall–Kier alpha value is -6.30. The van der Waals surface area contributed by atoms with E-state index in [9.17, 15) is 27.6 Å². The van der Waals surface area contributed by atoms with E-state index in [2.05, 4.69) is 37.5 Å². The third-order valence-corrected chi connectivity index (χ3v) is 15.3. The van der Waals surface area contributed by atoms with Gasteiger partial charge in [-0.15, -0.1) is 4.40 Å². The van der Waals surface area contributed by atoms with Gasteiger partial charge in [0.05, 0.1) is 49.6 Å². The number of carbonyl (C=O) groups is 4. The summed E-state index contributed by atoms with van der Waals surface area (Å²) >= 11 is 0. The van der Waals surface area contributed by atoms with Crippen LogP contribution in [0.4, 0.5) is 15.3 Å². The van der Waals surface area contributed by atoms with Crippen LogP contribution in [0.5, 0.6) is 0 Å². The molecule has 17 nitrogen and oxygen atoms in total. The lowest BCUT2D eigenvalue weighted by molar-refractivity contribution is -0.135. The molecule has 4 amide bonds. The topological polar surface area (TPSA) is 217 Å². The molecule has 1 saturated carbocycles. The molecule has 6 unspecified atom stereocenters. The number of amides is 4. The van der Waals surface area contributed by atoms with Crippen molar-refractivity contribution in [1.82, 2.24) is 35.4 Å². The van der Waals surface area contributed by atoms with Crippen molar-refractivity contribution in [2.45, 2.75) is 114 Å². The van der Waals surface area contributed by atoms with Crippen LogP contribution in [0.1, 0.15) is 107 Å². The van der Waals surface area contributed by atoms with Gasteiger partial charge in [-0.25, -0.2) is 14.6 Å². The van der Waals surface area contributed by atoms with Crippen LogP contribution < -0.4 is 16.0 Å². The molecule has 2 bridgehead atoms. The number of imidazole rings is 1. The first-order chi connectivity index (χ1) is 31.7. The van der Waals surface area contributed by atoms with Crippen LogP contribution in [0.2, 0.25) is 0 Å². The molecule has 2 aromatic heterocycles. The van der Waals surface area contributed by atoms with E-state index in [-0.39, 0.29) is 40.4 Å². The number of H-pyrrole nitrogens is 1. The second kappa shape index (κ2) is 17.8. The van der Waals surface area contributed by atoms with Gasteiger partial charge in [-0.1, -0.05) is 58.0 Å². The molecule has 0 radical (unpaired) electrons. The number of aromatic nitrogens is 3. The molecule has 66 heavy (non-hydrogen) atoms. The third kappa shape index (κ3) is 8.17. The van der Waals surface area contributed by atoms with Crippen molar-refractivity contribution in [1.29, 1.82) is 0 Å². The van der Waals surface area contributed by atoms with Crippen molar-refractivity contribution in [3.05, 3.63) is 71.8 Å².